The lowest BCUT2D eigenvalue weighted by Gasteiger charge is -2.24. The normalized spacial score (nSPS) is 11.2. The van der Waals surface area contributed by atoms with E-state index in [1.807, 2.05) is 6.92 Å². The maximum Gasteiger partial charge on any atom is 0.416 e. The van der Waals surface area contributed by atoms with Crippen molar-refractivity contribution in [1.29, 1.82) is 0 Å². The summed E-state index contributed by atoms with van der Waals surface area (Å²) in [5.41, 5.74) is 0.119. The Bertz CT molecular complexity index is 1730. The summed E-state index contributed by atoms with van der Waals surface area (Å²) in [7, 11) is 1.24. The second-order valence-corrected chi connectivity index (χ2v) is 10.9. The highest BCUT2D eigenvalue weighted by molar-refractivity contribution is 5.96. The monoisotopic (exact) mass is 680 g/mol. The molecule has 0 unspecified atom stereocenters. The van der Waals surface area contributed by atoms with Crippen LogP contribution in [0.3, 0.4) is 0 Å². The molecule has 0 atom stereocenters. The minimum atomic E-state index is -4.69. The molecular weight excluding hydrogens is 645 g/mol. The molecule has 0 spiro atoms. The van der Waals surface area contributed by atoms with Gasteiger partial charge in [0.05, 0.1) is 37.8 Å². The molecule has 258 valence electrons. The number of halogens is 3. The van der Waals surface area contributed by atoms with E-state index in [2.05, 4.69) is 5.32 Å². The van der Waals surface area contributed by atoms with E-state index in [0.29, 0.717) is 23.5 Å². The average molecular weight is 681 g/mol. The third-order valence-electron chi connectivity index (χ3n) is 7.13. The molecule has 0 heterocycles. The summed E-state index contributed by atoms with van der Waals surface area (Å²) in [6.07, 6.45) is -6.22. The molecule has 0 aliphatic carbocycles. The first-order valence-electron chi connectivity index (χ1n) is 15.2. The van der Waals surface area contributed by atoms with E-state index < -0.39 is 48.8 Å². The Morgan fingerprint density at radius 1 is 0.837 bits per heavy atom. The number of hydrogen-bond donors (Lipinski definition) is 3. The molecule has 10 nitrogen and oxygen atoms in total. The lowest BCUT2D eigenvalue weighted by atomic mass is 10.0. The third-order valence-corrected chi connectivity index (χ3v) is 7.13. The van der Waals surface area contributed by atoms with Crippen LogP contribution in [0.5, 0.6) is 17.2 Å². The number of rotatable bonds is 14. The van der Waals surface area contributed by atoms with Crippen molar-refractivity contribution in [2.24, 2.45) is 0 Å². The highest BCUT2D eigenvalue weighted by Crippen LogP contribution is 2.35. The van der Waals surface area contributed by atoms with E-state index in [1.54, 1.807) is 48.5 Å². The van der Waals surface area contributed by atoms with E-state index in [1.165, 1.54) is 48.4 Å². The van der Waals surface area contributed by atoms with Gasteiger partial charge in [0, 0.05) is 17.8 Å². The van der Waals surface area contributed by atoms with Crippen molar-refractivity contribution in [3.05, 3.63) is 119 Å². The Morgan fingerprint density at radius 3 is 2.04 bits per heavy atom. The van der Waals surface area contributed by atoms with Crippen molar-refractivity contribution in [3.63, 3.8) is 0 Å². The van der Waals surface area contributed by atoms with Gasteiger partial charge in [-0.1, -0.05) is 25.1 Å². The summed E-state index contributed by atoms with van der Waals surface area (Å²) in [5.74, 6) is -0.914. The molecule has 0 fully saturated rings. The second kappa shape index (κ2) is 16.6. The van der Waals surface area contributed by atoms with Gasteiger partial charge in [-0.25, -0.2) is 4.79 Å². The molecule has 0 saturated carbocycles. The van der Waals surface area contributed by atoms with E-state index in [4.69, 9.17) is 14.2 Å². The van der Waals surface area contributed by atoms with Crippen LogP contribution >= 0.6 is 0 Å². The van der Waals surface area contributed by atoms with Gasteiger partial charge in [0.1, 0.15) is 17.2 Å². The largest absolute Gasteiger partial charge is 0.497 e. The number of anilines is 1. The zero-order valence-corrected chi connectivity index (χ0v) is 26.7. The predicted molar refractivity (Wildman–Crippen MR) is 173 cm³/mol. The number of esters is 1. The maximum atomic E-state index is 13.5. The van der Waals surface area contributed by atoms with Crippen molar-refractivity contribution in [2.75, 3.05) is 25.6 Å². The topological polar surface area (TPSA) is 135 Å². The van der Waals surface area contributed by atoms with Crippen molar-refractivity contribution in [1.82, 2.24) is 4.90 Å². The quantitative estimate of drug-likeness (QED) is 0.0858. The number of nitrogens with zero attached hydrogens (tertiary/aromatic N) is 1. The lowest BCUT2D eigenvalue weighted by molar-refractivity contribution is -0.138. The Kier molecular flexibility index (Phi) is 12.4. The van der Waals surface area contributed by atoms with Gasteiger partial charge in [-0.15, -0.1) is 0 Å². The fraction of sp³-hybridized carbons (Fsp3) is 0.250. The number of alkyl halides is 3. The van der Waals surface area contributed by atoms with Crippen LogP contribution in [-0.4, -0.2) is 59.4 Å². The molecule has 3 N–H and O–H groups in total. The summed E-state index contributed by atoms with van der Waals surface area (Å²) in [6, 6.07) is 21.9. The number of carbonyl (C=O) groups is 3. The zero-order chi connectivity index (χ0) is 35.6. The average Bonchev–Trinajstić information content (AvgIpc) is 3.07. The molecule has 0 aliphatic heterocycles. The van der Waals surface area contributed by atoms with E-state index in [0.717, 1.165) is 12.5 Å². The molecule has 0 radical (unpaired) electrons. The first-order valence-corrected chi connectivity index (χ1v) is 15.2. The van der Waals surface area contributed by atoms with Crippen LogP contribution in [-0.2, 0) is 23.9 Å². The van der Waals surface area contributed by atoms with E-state index >= 15 is 0 Å². The molecule has 13 heteroatoms. The summed E-state index contributed by atoms with van der Waals surface area (Å²) >= 11 is 0. The minimum absolute atomic E-state index is 0.00775. The molecule has 0 saturated heterocycles. The number of carbonyl (C=O) groups excluding carboxylic acids is 3. The first-order chi connectivity index (χ1) is 23.4. The van der Waals surface area contributed by atoms with Crippen LogP contribution in [0.2, 0.25) is 0 Å². The number of hydrogen-bond acceptors (Lipinski definition) is 8. The zero-order valence-electron chi connectivity index (χ0n) is 26.7. The van der Waals surface area contributed by atoms with Crippen LogP contribution < -0.4 is 19.5 Å². The fourth-order valence-corrected chi connectivity index (χ4v) is 4.73. The van der Waals surface area contributed by atoms with E-state index in [-0.39, 0.29) is 34.9 Å². The smallest absolute Gasteiger partial charge is 0.416 e. The number of ether oxygens (including phenoxy) is 3. The predicted octanol–water partition coefficient (Wildman–Crippen LogP) is 5.86. The van der Waals surface area contributed by atoms with Gasteiger partial charge in [-0.2, -0.15) is 13.2 Å². The van der Waals surface area contributed by atoms with Gasteiger partial charge in [0.25, 0.3) is 5.91 Å². The van der Waals surface area contributed by atoms with Crippen molar-refractivity contribution >= 4 is 23.5 Å². The molecule has 0 aromatic heterocycles. The van der Waals surface area contributed by atoms with Gasteiger partial charge in [0.2, 0.25) is 5.91 Å². The molecule has 49 heavy (non-hydrogen) atoms. The summed E-state index contributed by atoms with van der Waals surface area (Å²) < 4.78 is 56.4. The van der Waals surface area contributed by atoms with Crippen LogP contribution in [0, 0.1) is 0 Å². The maximum absolute atomic E-state index is 13.5. The molecule has 0 aliphatic rings. The number of aliphatic hydroxyl groups is 2. The number of methoxy groups -OCH3 is 1. The van der Waals surface area contributed by atoms with Crippen LogP contribution in [0.1, 0.15) is 50.8 Å². The Morgan fingerprint density at radius 2 is 1.45 bits per heavy atom. The third kappa shape index (κ3) is 10.5. The van der Waals surface area contributed by atoms with Crippen molar-refractivity contribution < 1.29 is 52.0 Å². The Balaban J connectivity index is 1.37. The van der Waals surface area contributed by atoms with E-state index in [9.17, 15) is 37.8 Å². The molecule has 0 bridgehead atoms. The van der Waals surface area contributed by atoms with Crippen molar-refractivity contribution in [3.8, 4) is 17.2 Å². The van der Waals surface area contributed by atoms with Crippen LogP contribution in [0.25, 0.3) is 0 Å². The standard InChI is InChI=1S/C36H35F3N2O8/c1-3-18-48-28-15-8-25(9-16-28)35(46)49-29-13-4-23(5-14-29)21-41(22-33(43)44)34(45)24-6-11-27(12-7-24)40-32(42)19-26-10-17-30(47-2)20-31(26)36(37,38)39/h4-17,20,33,43-44H,3,18-19,21-22H2,1-2H3,(H,40,42). The van der Waals surface area contributed by atoms with Gasteiger partial charge in [-0.05, 0) is 90.3 Å². The van der Waals surface area contributed by atoms with Crippen LogP contribution in [0.15, 0.2) is 91.0 Å². The minimum Gasteiger partial charge on any atom is -0.497 e. The van der Waals surface area contributed by atoms with Gasteiger partial charge >= 0.3 is 12.1 Å². The lowest BCUT2D eigenvalue weighted by Crippen LogP contribution is -2.37. The molecule has 4 aromatic rings. The van der Waals surface area contributed by atoms with Gasteiger partial charge < -0.3 is 34.6 Å². The number of aliphatic hydroxyl groups excluding tert-OH is 1. The number of amides is 2. The van der Waals surface area contributed by atoms with Crippen molar-refractivity contribution in [2.45, 2.75) is 38.8 Å². The highest BCUT2D eigenvalue weighted by Gasteiger charge is 2.34. The number of benzene rings is 4. The number of nitrogens with one attached hydrogen (secondary N) is 1. The van der Waals surface area contributed by atoms with Gasteiger partial charge in [-0.3, -0.25) is 9.59 Å². The first kappa shape index (κ1) is 36.4. The molecule has 2 amide bonds. The van der Waals surface area contributed by atoms with Gasteiger partial charge in [0.15, 0.2) is 6.29 Å². The SMILES string of the molecule is CCCOc1ccc(C(=O)Oc2ccc(CN(CC(O)O)C(=O)c3ccc(NC(=O)Cc4ccc(OC)cc4C(F)(F)F)cc3)cc2)cc1. The fourth-order valence-electron chi connectivity index (χ4n) is 4.73. The summed E-state index contributed by atoms with van der Waals surface area (Å²) in [6.45, 7) is 2.11. The molecular formula is C36H35F3N2O8. The molecule has 4 aromatic carbocycles. The molecule has 4 rings (SSSR count). The Hall–Kier alpha value is -5.40. The highest BCUT2D eigenvalue weighted by atomic mass is 19.4. The summed E-state index contributed by atoms with van der Waals surface area (Å²) in [4.78, 5) is 39.7. The Labute approximate surface area is 280 Å². The van der Waals surface area contributed by atoms with Crippen LogP contribution in [0.4, 0.5) is 18.9 Å². The second-order valence-electron chi connectivity index (χ2n) is 10.9. The summed E-state index contributed by atoms with van der Waals surface area (Å²) in [5, 5.41) is 21.8.